The van der Waals surface area contributed by atoms with E-state index in [1.165, 1.54) is 0 Å². The Balaban J connectivity index is 1.58. The summed E-state index contributed by atoms with van der Waals surface area (Å²) < 4.78 is 39.4. The van der Waals surface area contributed by atoms with Crippen molar-refractivity contribution in [1.29, 1.82) is 0 Å². The standard InChI is InChI=1S/C21H29N3O4S/c1-3-16-7-4-5-8-18(16)29(25,26)24-12-6-11-21(2,15-24)20-22-19(28-23-20)17-9-13-27-14-10-17/h4-5,7-8,17H,3,6,9-15H2,1-2H3. The Bertz CT molecular complexity index is 952. The van der Waals surface area contributed by atoms with Gasteiger partial charge in [-0.1, -0.05) is 37.2 Å². The highest BCUT2D eigenvalue weighted by Gasteiger charge is 2.42. The van der Waals surface area contributed by atoms with Crippen LogP contribution in [0, 0.1) is 0 Å². The van der Waals surface area contributed by atoms with Crippen LogP contribution < -0.4 is 0 Å². The molecule has 0 radical (unpaired) electrons. The highest BCUT2D eigenvalue weighted by molar-refractivity contribution is 7.89. The van der Waals surface area contributed by atoms with E-state index >= 15 is 0 Å². The highest BCUT2D eigenvalue weighted by Crippen LogP contribution is 2.36. The van der Waals surface area contributed by atoms with Crippen molar-refractivity contribution in [3.05, 3.63) is 41.5 Å². The van der Waals surface area contributed by atoms with Gasteiger partial charge in [-0.25, -0.2) is 8.42 Å². The second-order valence-electron chi connectivity index (χ2n) is 8.31. The zero-order valence-electron chi connectivity index (χ0n) is 17.1. The van der Waals surface area contributed by atoms with Gasteiger partial charge in [0.25, 0.3) is 0 Å². The number of hydrogen-bond acceptors (Lipinski definition) is 6. The SMILES string of the molecule is CCc1ccccc1S(=O)(=O)N1CCCC(C)(c2noc(C3CCOCC3)n2)C1. The van der Waals surface area contributed by atoms with Gasteiger partial charge in [0.1, 0.15) is 0 Å². The summed E-state index contributed by atoms with van der Waals surface area (Å²) in [6, 6.07) is 7.26. The van der Waals surface area contributed by atoms with Gasteiger partial charge in [-0.15, -0.1) is 0 Å². The first-order valence-electron chi connectivity index (χ1n) is 10.4. The Morgan fingerprint density at radius 3 is 2.76 bits per heavy atom. The zero-order chi connectivity index (χ0) is 20.5. The average Bonchev–Trinajstić information content (AvgIpc) is 3.26. The van der Waals surface area contributed by atoms with E-state index in [1.807, 2.05) is 26.0 Å². The highest BCUT2D eigenvalue weighted by atomic mass is 32.2. The Labute approximate surface area is 172 Å². The predicted octanol–water partition coefficient (Wildman–Crippen LogP) is 3.27. The van der Waals surface area contributed by atoms with Crippen molar-refractivity contribution in [2.45, 2.75) is 62.2 Å². The molecule has 2 aromatic rings. The van der Waals surface area contributed by atoms with Crippen LogP contribution in [0.2, 0.25) is 0 Å². The summed E-state index contributed by atoms with van der Waals surface area (Å²) in [7, 11) is -3.57. The van der Waals surface area contributed by atoms with Crippen molar-refractivity contribution < 1.29 is 17.7 Å². The molecule has 0 bridgehead atoms. The Hall–Kier alpha value is -1.77. The average molecular weight is 420 g/mol. The number of ether oxygens (including phenoxy) is 1. The maximum Gasteiger partial charge on any atom is 0.243 e. The lowest BCUT2D eigenvalue weighted by Crippen LogP contribution is -2.47. The molecule has 2 saturated heterocycles. The van der Waals surface area contributed by atoms with E-state index in [9.17, 15) is 8.42 Å². The molecule has 1 aromatic carbocycles. The molecule has 1 atom stereocenters. The minimum absolute atomic E-state index is 0.230. The van der Waals surface area contributed by atoms with E-state index in [0.29, 0.717) is 49.3 Å². The summed E-state index contributed by atoms with van der Waals surface area (Å²) in [5.41, 5.74) is 0.389. The number of benzene rings is 1. The molecule has 158 valence electrons. The number of nitrogens with zero attached hydrogens (tertiary/aromatic N) is 3. The Morgan fingerprint density at radius 2 is 2.00 bits per heavy atom. The van der Waals surface area contributed by atoms with Gasteiger partial charge in [0.15, 0.2) is 5.82 Å². The van der Waals surface area contributed by atoms with Crippen molar-refractivity contribution >= 4 is 10.0 Å². The lowest BCUT2D eigenvalue weighted by molar-refractivity contribution is 0.0778. The van der Waals surface area contributed by atoms with Crippen molar-refractivity contribution in [2.24, 2.45) is 0 Å². The summed E-state index contributed by atoms with van der Waals surface area (Å²) >= 11 is 0. The van der Waals surface area contributed by atoms with Crippen LogP contribution in [0.4, 0.5) is 0 Å². The molecule has 8 heteroatoms. The fourth-order valence-electron chi connectivity index (χ4n) is 4.36. The molecular weight excluding hydrogens is 390 g/mol. The summed E-state index contributed by atoms with van der Waals surface area (Å²) in [5, 5.41) is 4.26. The van der Waals surface area contributed by atoms with E-state index in [4.69, 9.17) is 14.2 Å². The number of hydrogen-bond donors (Lipinski definition) is 0. The summed E-state index contributed by atoms with van der Waals surface area (Å²) in [5.74, 6) is 1.50. The van der Waals surface area contributed by atoms with Gasteiger partial charge >= 0.3 is 0 Å². The van der Waals surface area contributed by atoms with Crippen molar-refractivity contribution in [2.75, 3.05) is 26.3 Å². The first kappa shape index (κ1) is 20.5. The van der Waals surface area contributed by atoms with Crippen LogP contribution >= 0.6 is 0 Å². The van der Waals surface area contributed by atoms with Crippen LogP contribution in [0.3, 0.4) is 0 Å². The monoisotopic (exact) mass is 419 g/mol. The van der Waals surface area contributed by atoms with Gasteiger partial charge in [-0.3, -0.25) is 0 Å². The van der Waals surface area contributed by atoms with Gasteiger partial charge in [0, 0.05) is 37.6 Å². The molecule has 2 aliphatic heterocycles. The van der Waals surface area contributed by atoms with Gasteiger partial charge in [-0.05, 0) is 43.7 Å². The van der Waals surface area contributed by atoms with E-state index in [-0.39, 0.29) is 5.92 Å². The molecule has 2 aliphatic rings. The molecule has 0 N–H and O–H groups in total. The van der Waals surface area contributed by atoms with Crippen molar-refractivity contribution in [3.8, 4) is 0 Å². The van der Waals surface area contributed by atoms with Crippen molar-refractivity contribution in [3.63, 3.8) is 0 Å². The predicted molar refractivity (Wildman–Crippen MR) is 108 cm³/mol. The molecule has 0 aliphatic carbocycles. The fraction of sp³-hybridized carbons (Fsp3) is 0.619. The molecule has 7 nitrogen and oxygen atoms in total. The van der Waals surface area contributed by atoms with Crippen LogP contribution in [0.15, 0.2) is 33.7 Å². The van der Waals surface area contributed by atoms with E-state index in [2.05, 4.69) is 5.16 Å². The summed E-state index contributed by atoms with van der Waals surface area (Å²) in [6.07, 6.45) is 4.05. The molecule has 2 fully saturated rings. The number of rotatable bonds is 5. The summed E-state index contributed by atoms with van der Waals surface area (Å²) in [6.45, 7) is 6.32. The topological polar surface area (TPSA) is 85.5 Å². The van der Waals surface area contributed by atoms with E-state index in [1.54, 1.807) is 16.4 Å². The maximum atomic E-state index is 13.4. The molecular formula is C21H29N3O4S. The van der Waals surface area contributed by atoms with Gasteiger partial charge < -0.3 is 9.26 Å². The third kappa shape index (κ3) is 3.98. The minimum Gasteiger partial charge on any atom is -0.381 e. The molecule has 1 aromatic heterocycles. The van der Waals surface area contributed by atoms with Crippen LogP contribution in [0.25, 0.3) is 0 Å². The Kier molecular flexibility index (Phi) is 5.77. The van der Waals surface area contributed by atoms with Gasteiger partial charge in [-0.2, -0.15) is 9.29 Å². The lowest BCUT2D eigenvalue weighted by Gasteiger charge is -2.37. The molecule has 0 spiro atoms. The van der Waals surface area contributed by atoms with Crippen molar-refractivity contribution in [1.82, 2.24) is 14.4 Å². The molecule has 0 amide bonds. The third-order valence-electron chi connectivity index (χ3n) is 6.18. The quantitative estimate of drug-likeness (QED) is 0.739. The van der Waals surface area contributed by atoms with Crippen LogP contribution in [0.5, 0.6) is 0 Å². The van der Waals surface area contributed by atoms with Crippen LogP contribution in [-0.4, -0.2) is 49.2 Å². The molecule has 29 heavy (non-hydrogen) atoms. The number of aryl methyl sites for hydroxylation is 1. The second kappa shape index (κ2) is 8.16. The molecule has 1 unspecified atom stereocenters. The molecule has 3 heterocycles. The first-order chi connectivity index (χ1) is 13.9. The summed E-state index contributed by atoms with van der Waals surface area (Å²) in [4.78, 5) is 5.10. The first-order valence-corrected chi connectivity index (χ1v) is 11.9. The number of piperidine rings is 1. The largest absolute Gasteiger partial charge is 0.381 e. The zero-order valence-corrected chi connectivity index (χ0v) is 18.0. The maximum absolute atomic E-state index is 13.4. The van der Waals surface area contributed by atoms with Gasteiger partial charge in [0.2, 0.25) is 15.9 Å². The minimum atomic E-state index is -3.57. The number of aromatic nitrogens is 2. The van der Waals surface area contributed by atoms with Crippen LogP contribution in [0.1, 0.15) is 62.7 Å². The third-order valence-corrected chi connectivity index (χ3v) is 8.13. The normalized spacial score (nSPS) is 24.6. The molecule has 4 rings (SSSR count). The van der Waals surface area contributed by atoms with Gasteiger partial charge in [0.05, 0.1) is 4.90 Å². The van der Waals surface area contributed by atoms with E-state index in [0.717, 1.165) is 31.2 Å². The smallest absolute Gasteiger partial charge is 0.243 e. The number of sulfonamides is 1. The molecule has 0 saturated carbocycles. The Morgan fingerprint density at radius 1 is 1.24 bits per heavy atom. The second-order valence-corrected chi connectivity index (χ2v) is 10.2. The lowest BCUT2D eigenvalue weighted by atomic mass is 9.82. The van der Waals surface area contributed by atoms with E-state index < -0.39 is 15.4 Å². The van der Waals surface area contributed by atoms with Crippen LogP contribution in [-0.2, 0) is 26.6 Å². The fourth-order valence-corrected chi connectivity index (χ4v) is 6.25.